The van der Waals surface area contributed by atoms with Gasteiger partial charge >= 0.3 is 0 Å². The van der Waals surface area contributed by atoms with Crippen LogP contribution in [-0.2, 0) is 11.0 Å². The van der Waals surface area contributed by atoms with E-state index < -0.39 is 8.32 Å². The molecule has 4 heteroatoms. The van der Waals surface area contributed by atoms with Gasteiger partial charge in [-0.15, -0.1) is 0 Å². The highest BCUT2D eigenvalue weighted by molar-refractivity contribution is 6.74. The Bertz CT molecular complexity index is 399. The van der Waals surface area contributed by atoms with Crippen LogP contribution in [0.15, 0.2) is 18.2 Å². The summed E-state index contributed by atoms with van der Waals surface area (Å²) in [5, 5.41) is 0.148. The predicted molar refractivity (Wildman–Crippen MR) is 72.8 cm³/mol. The molecule has 96 valence electrons. The van der Waals surface area contributed by atoms with Gasteiger partial charge in [0.25, 0.3) is 0 Å². The molecule has 0 aromatic heterocycles. The highest BCUT2D eigenvalue weighted by Gasteiger charge is 2.37. The molecular formula is C13H22FNOSi. The third-order valence-electron chi connectivity index (χ3n) is 3.50. The Balaban J connectivity index is 2.77. The molecule has 0 fully saturated rings. The number of halogens is 1. The second kappa shape index (κ2) is 4.78. The average Bonchev–Trinajstić information content (AvgIpc) is 2.18. The van der Waals surface area contributed by atoms with Crippen LogP contribution in [0.1, 0.15) is 26.3 Å². The Labute approximate surface area is 104 Å². The maximum atomic E-state index is 13.1. The van der Waals surface area contributed by atoms with Crippen molar-refractivity contribution in [2.75, 3.05) is 5.73 Å². The van der Waals surface area contributed by atoms with E-state index in [1.165, 1.54) is 12.1 Å². The summed E-state index contributed by atoms with van der Waals surface area (Å²) in [4.78, 5) is 0. The van der Waals surface area contributed by atoms with Crippen molar-refractivity contribution in [3.05, 3.63) is 29.6 Å². The van der Waals surface area contributed by atoms with Gasteiger partial charge in [-0.25, -0.2) is 4.39 Å². The molecule has 0 aliphatic heterocycles. The predicted octanol–water partition coefficient (Wildman–Crippen LogP) is 3.93. The number of nitrogen functional groups attached to an aromatic ring is 1. The second-order valence-electron chi connectivity index (χ2n) is 5.89. The quantitative estimate of drug-likeness (QED) is 0.656. The fraction of sp³-hybridized carbons (Fsp3) is 0.538. The first-order valence-corrected chi connectivity index (χ1v) is 8.72. The van der Waals surface area contributed by atoms with Crippen molar-refractivity contribution < 1.29 is 8.82 Å². The number of rotatable bonds is 3. The molecule has 0 amide bonds. The zero-order chi connectivity index (χ0) is 13.3. The van der Waals surface area contributed by atoms with E-state index in [1.54, 1.807) is 6.07 Å². The van der Waals surface area contributed by atoms with Crippen LogP contribution in [0, 0.1) is 5.82 Å². The molecule has 2 nitrogen and oxygen atoms in total. The van der Waals surface area contributed by atoms with Crippen LogP contribution in [0.4, 0.5) is 10.1 Å². The van der Waals surface area contributed by atoms with Gasteiger partial charge in [0.2, 0.25) is 0 Å². The van der Waals surface area contributed by atoms with Crippen molar-refractivity contribution in [3.63, 3.8) is 0 Å². The zero-order valence-corrected chi connectivity index (χ0v) is 12.3. The minimum atomic E-state index is -1.81. The van der Waals surface area contributed by atoms with E-state index in [0.717, 1.165) is 5.56 Å². The molecule has 1 rings (SSSR count). The van der Waals surface area contributed by atoms with Crippen molar-refractivity contribution in [1.29, 1.82) is 0 Å². The fourth-order valence-corrected chi connectivity index (χ4v) is 2.12. The summed E-state index contributed by atoms with van der Waals surface area (Å²) in [7, 11) is -1.81. The molecule has 17 heavy (non-hydrogen) atoms. The Morgan fingerprint density at radius 3 is 2.41 bits per heavy atom. The normalized spacial score (nSPS) is 12.8. The summed E-state index contributed by atoms with van der Waals surface area (Å²) in [5.41, 5.74) is 7.12. The van der Waals surface area contributed by atoms with E-state index in [2.05, 4.69) is 33.9 Å². The molecule has 1 aromatic carbocycles. The van der Waals surface area contributed by atoms with Gasteiger partial charge in [-0.2, -0.15) is 0 Å². The summed E-state index contributed by atoms with van der Waals surface area (Å²) in [6, 6.07) is 4.40. The highest BCUT2D eigenvalue weighted by Crippen LogP contribution is 2.37. The van der Waals surface area contributed by atoms with Crippen molar-refractivity contribution in [2.45, 2.75) is 45.5 Å². The van der Waals surface area contributed by atoms with E-state index in [0.29, 0.717) is 12.3 Å². The first-order valence-electron chi connectivity index (χ1n) is 5.81. The van der Waals surface area contributed by atoms with Gasteiger partial charge in [0.05, 0.1) is 6.61 Å². The third kappa shape index (κ3) is 3.54. The highest BCUT2D eigenvalue weighted by atomic mass is 28.4. The molecule has 0 bridgehead atoms. The number of nitrogens with two attached hydrogens (primary N) is 1. The molecule has 0 unspecified atom stereocenters. The summed E-state index contributed by atoms with van der Waals surface area (Å²) < 4.78 is 19.1. The van der Waals surface area contributed by atoms with Crippen molar-refractivity contribution in [1.82, 2.24) is 0 Å². The van der Waals surface area contributed by atoms with Gasteiger partial charge < -0.3 is 10.2 Å². The fourth-order valence-electron chi connectivity index (χ4n) is 1.17. The molecule has 0 radical (unpaired) electrons. The van der Waals surface area contributed by atoms with Crippen molar-refractivity contribution in [2.24, 2.45) is 0 Å². The van der Waals surface area contributed by atoms with Crippen molar-refractivity contribution in [3.8, 4) is 0 Å². The lowest BCUT2D eigenvalue weighted by Gasteiger charge is -2.36. The van der Waals surface area contributed by atoms with Gasteiger partial charge in [-0.3, -0.25) is 0 Å². The lowest BCUT2D eigenvalue weighted by atomic mass is 10.2. The van der Waals surface area contributed by atoms with E-state index in [4.69, 9.17) is 10.2 Å². The van der Waals surface area contributed by atoms with Gasteiger partial charge in [-0.05, 0) is 36.3 Å². The molecule has 0 heterocycles. The van der Waals surface area contributed by atoms with Crippen LogP contribution in [0.2, 0.25) is 18.1 Å². The number of hydrogen-bond acceptors (Lipinski definition) is 2. The smallest absolute Gasteiger partial charge is 0.192 e. The molecule has 2 N–H and O–H groups in total. The maximum Gasteiger partial charge on any atom is 0.192 e. The first kappa shape index (κ1) is 14.2. The second-order valence-corrected chi connectivity index (χ2v) is 10.7. The Morgan fingerprint density at radius 1 is 1.29 bits per heavy atom. The maximum absolute atomic E-state index is 13.1. The number of hydrogen-bond donors (Lipinski definition) is 1. The van der Waals surface area contributed by atoms with Gasteiger partial charge in [-0.1, -0.05) is 20.8 Å². The van der Waals surface area contributed by atoms with Crippen LogP contribution in [0.3, 0.4) is 0 Å². The topological polar surface area (TPSA) is 35.2 Å². The summed E-state index contributed by atoms with van der Waals surface area (Å²) in [5.74, 6) is -0.270. The Hall–Kier alpha value is -0.873. The molecule has 0 saturated carbocycles. The molecule has 1 aromatic rings. The van der Waals surface area contributed by atoms with Gasteiger partial charge in [0.15, 0.2) is 8.32 Å². The summed E-state index contributed by atoms with van der Waals surface area (Å²) in [6.07, 6.45) is 0. The van der Waals surface area contributed by atoms with E-state index in [-0.39, 0.29) is 10.9 Å². The molecular weight excluding hydrogens is 233 g/mol. The lowest BCUT2D eigenvalue weighted by molar-refractivity contribution is 0.276. The van der Waals surface area contributed by atoms with E-state index in [1.807, 2.05) is 0 Å². The molecule has 0 aliphatic carbocycles. The Morgan fingerprint density at radius 2 is 1.88 bits per heavy atom. The number of anilines is 1. The molecule has 0 spiro atoms. The number of benzene rings is 1. The summed E-state index contributed by atoms with van der Waals surface area (Å²) >= 11 is 0. The minimum absolute atomic E-state index is 0.148. The van der Waals surface area contributed by atoms with Crippen LogP contribution < -0.4 is 5.73 Å². The Kier molecular flexibility index (Phi) is 3.99. The zero-order valence-electron chi connectivity index (χ0n) is 11.3. The van der Waals surface area contributed by atoms with Crippen LogP contribution in [0.5, 0.6) is 0 Å². The standard InChI is InChI=1S/C13H22FNOSi/c1-13(2,3)17(4,5)16-9-10-8-11(14)6-7-12(10)15/h6-8H,9,15H2,1-5H3. The summed E-state index contributed by atoms with van der Waals surface area (Å²) in [6.45, 7) is 11.3. The monoisotopic (exact) mass is 255 g/mol. The molecule has 0 saturated heterocycles. The largest absolute Gasteiger partial charge is 0.412 e. The van der Waals surface area contributed by atoms with Crippen molar-refractivity contribution >= 4 is 14.0 Å². The third-order valence-corrected chi connectivity index (χ3v) is 7.98. The minimum Gasteiger partial charge on any atom is -0.412 e. The molecule has 0 atom stereocenters. The van der Waals surface area contributed by atoms with Gasteiger partial charge in [0, 0.05) is 11.3 Å². The SMILES string of the molecule is CC(C)(C)[Si](C)(C)OCc1cc(F)ccc1N. The van der Waals surface area contributed by atoms with Crippen LogP contribution in [0.25, 0.3) is 0 Å². The average molecular weight is 255 g/mol. The van der Waals surface area contributed by atoms with E-state index in [9.17, 15) is 4.39 Å². The van der Waals surface area contributed by atoms with Crippen LogP contribution >= 0.6 is 0 Å². The lowest BCUT2D eigenvalue weighted by Crippen LogP contribution is -2.40. The first-order chi connectivity index (χ1) is 7.63. The van der Waals surface area contributed by atoms with Crippen LogP contribution in [-0.4, -0.2) is 8.32 Å². The van der Waals surface area contributed by atoms with Gasteiger partial charge in [0.1, 0.15) is 5.82 Å². The van der Waals surface area contributed by atoms with E-state index >= 15 is 0 Å². The molecule has 0 aliphatic rings.